The van der Waals surface area contributed by atoms with Crippen LogP contribution in [-0.4, -0.2) is 36.5 Å². The van der Waals surface area contributed by atoms with Crippen LogP contribution in [0, 0.1) is 6.92 Å². The molecule has 1 aromatic heterocycles. The Morgan fingerprint density at radius 1 is 1.15 bits per heavy atom. The summed E-state index contributed by atoms with van der Waals surface area (Å²) in [7, 11) is 0. The smallest absolute Gasteiger partial charge is 0.0606 e. The summed E-state index contributed by atoms with van der Waals surface area (Å²) in [5.41, 5.74) is 9.88. The zero-order valence-electron chi connectivity index (χ0n) is 11.5. The lowest BCUT2D eigenvalue weighted by molar-refractivity contribution is 0.281. The van der Waals surface area contributed by atoms with E-state index in [0.29, 0.717) is 18.8 Å². The number of aliphatic hydroxyl groups is 2. The number of nitrogen functional groups attached to an aromatic ring is 1. The third kappa shape index (κ3) is 3.12. The summed E-state index contributed by atoms with van der Waals surface area (Å²) >= 11 is 1.67. The lowest BCUT2D eigenvalue weighted by Crippen LogP contribution is -2.30. The molecular formula is C15H20N2O2S. The van der Waals surface area contributed by atoms with E-state index in [1.54, 1.807) is 11.3 Å². The van der Waals surface area contributed by atoms with Gasteiger partial charge in [-0.15, -0.1) is 11.3 Å². The highest BCUT2D eigenvalue weighted by atomic mass is 32.1. The van der Waals surface area contributed by atoms with E-state index in [0.717, 1.165) is 11.3 Å². The van der Waals surface area contributed by atoms with Crippen molar-refractivity contribution in [3.8, 4) is 10.4 Å². The average Bonchev–Trinajstić information content (AvgIpc) is 2.85. The minimum absolute atomic E-state index is 0.0488. The van der Waals surface area contributed by atoms with Crippen LogP contribution in [0.1, 0.15) is 5.56 Å². The molecule has 0 spiro atoms. The molecule has 0 bridgehead atoms. The monoisotopic (exact) mass is 292 g/mol. The van der Waals surface area contributed by atoms with E-state index < -0.39 is 0 Å². The van der Waals surface area contributed by atoms with Crippen molar-refractivity contribution in [2.75, 3.05) is 36.9 Å². The summed E-state index contributed by atoms with van der Waals surface area (Å²) in [4.78, 5) is 3.15. The maximum atomic E-state index is 9.21. The van der Waals surface area contributed by atoms with Crippen molar-refractivity contribution in [3.05, 3.63) is 35.2 Å². The number of rotatable bonds is 6. The van der Waals surface area contributed by atoms with Crippen molar-refractivity contribution in [2.45, 2.75) is 6.92 Å². The van der Waals surface area contributed by atoms with E-state index in [1.807, 2.05) is 23.1 Å². The predicted octanol–water partition coefficient (Wildman–Crippen LogP) is 2.10. The Morgan fingerprint density at radius 2 is 1.85 bits per heavy atom. The molecule has 5 heteroatoms. The summed E-state index contributed by atoms with van der Waals surface area (Å²) in [5.74, 6) is 0. The first-order valence-electron chi connectivity index (χ1n) is 6.58. The summed E-state index contributed by atoms with van der Waals surface area (Å²) < 4.78 is 0. The van der Waals surface area contributed by atoms with Gasteiger partial charge < -0.3 is 20.8 Å². The largest absolute Gasteiger partial charge is 0.399 e. The molecule has 0 aliphatic heterocycles. The Balaban J connectivity index is 2.49. The molecule has 4 nitrogen and oxygen atoms in total. The summed E-state index contributed by atoms with van der Waals surface area (Å²) in [6, 6.07) is 7.84. The molecule has 0 amide bonds. The van der Waals surface area contributed by atoms with Gasteiger partial charge in [0, 0.05) is 34.9 Å². The minimum Gasteiger partial charge on any atom is -0.399 e. The van der Waals surface area contributed by atoms with Crippen molar-refractivity contribution in [2.24, 2.45) is 0 Å². The van der Waals surface area contributed by atoms with Crippen molar-refractivity contribution >= 4 is 22.7 Å². The number of benzene rings is 1. The Hall–Kier alpha value is -1.56. The van der Waals surface area contributed by atoms with Crippen LogP contribution in [-0.2, 0) is 0 Å². The fourth-order valence-electron chi connectivity index (χ4n) is 2.25. The topological polar surface area (TPSA) is 69.7 Å². The fourth-order valence-corrected chi connectivity index (χ4v) is 3.21. The number of hydrogen-bond donors (Lipinski definition) is 3. The molecule has 2 aromatic rings. The van der Waals surface area contributed by atoms with Crippen LogP contribution >= 0.6 is 11.3 Å². The van der Waals surface area contributed by atoms with Gasteiger partial charge in [0.05, 0.1) is 13.2 Å². The van der Waals surface area contributed by atoms with Crippen LogP contribution in [0.5, 0.6) is 0 Å². The molecule has 4 N–H and O–H groups in total. The Bertz CT molecular complexity index is 563. The zero-order chi connectivity index (χ0) is 14.5. The highest BCUT2D eigenvalue weighted by Gasteiger charge is 2.14. The second-order valence-electron chi connectivity index (χ2n) is 4.64. The molecule has 1 aromatic carbocycles. The number of thiophene rings is 1. The predicted molar refractivity (Wildman–Crippen MR) is 85.3 cm³/mol. The van der Waals surface area contributed by atoms with Crippen molar-refractivity contribution in [1.29, 1.82) is 0 Å². The van der Waals surface area contributed by atoms with Crippen LogP contribution in [0.15, 0.2) is 29.6 Å². The fraction of sp³-hybridized carbons (Fsp3) is 0.333. The van der Waals surface area contributed by atoms with Crippen molar-refractivity contribution in [3.63, 3.8) is 0 Å². The third-order valence-electron chi connectivity index (χ3n) is 3.21. The first kappa shape index (κ1) is 14.8. The molecule has 0 aliphatic carbocycles. The van der Waals surface area contributed by atoms with Gasteiger partial charge in [0.2, 0.25) is 0 Å². The van der Waals surface area contributed by atoms with Gasteiger partial charge in [0.25, 0.3) is 0 Å². The van der Waals surface area contributed by atoms with Crippen molar-refractivity contribution in [1.82, 2.24) is 0 Å². The van der Waals surface area contributed by atoms with Crippen LogP contribution in [0.2, 0.25) is 0 Å². The Morgan fingerprint density at radius 3 is 2.40 bits per heavy atom. The molecule has 0 radical (unpaired) electrons. The number of aryl methyl sites for hydroxylation is 1. The molecule has 0 saturated heterocycles. The van der Waals surface area contributed by atoms with Crippen LogP contribution in [0.4, 0.5) is 11.4 Å². The standard InChI is InChI=1S/C15H20N2O2S/c1-11-4-9-20-15(11)13-10-12(16)2-3-14(13)17(5-7-18)6-8-19/h2-4,9-10,18-19H,5-8,16H2,1H3. The third-order valence-corrected chi connectivity index (χ3v) is 4.26. The normalized spacial score (nSPS) is 10.8. The maximum Gasteiger partial charge on any atom is 0.0606 e. The van der Waals surface area contributed by atoms with Gasteiger partial charge in [-0.1, -0.05) is 0 Å². The summed E-state index contributed by atoms with van der Waals surface area (Å²) in [5, 5.41) is 20.5. The SMILES string of the molecule is Cc1ccsc1-c1cc(N)ccc1N(CCO)CCO. The van der Waals surface area contributed by atoms with Gasteiger partial charge in [-0.05, 0) is 42.1 Å². The van der Waals surface area contributed by atoms with Gasteiger partial charge in [0.15, 0.2) is 0 Å². The van der Waals surface area contributed by atoms with E-state index in [-0.39, 0.29) is 13.2 Å². The van der Waals surface area contributed by atoms with Gasteiger partial charge >= 0.3 is 0 Å². The number of hydrogen-bond acceptors (Lipinski definition) is 5. The average molecular weight is 292 g/mol. The van der Waals surface area contributed by atoms with Crippen molar-refractivity contribution < 1.29 is 10.2 Å². The Kier molecular flexibility index (Phi) is 5.00. The summed E-state index contributed by atoms with van der Waals surface area (Å²) in [6.45, 7) is 3.14. The van der Waals surface area contributed by atoms with Crippen LogP contribution in [0.25, 0.3) is 10.4 Å². The molecule has 0 saturated carbocycles. The quantitative estimate of drug-likeness (QED) is 0.713. The first-order valence-corrected chi connectivity index (χ1v) is 7.46. The number of nitrogens with zero attached hydrogens (tertiary/aromatic N) is 1. The molecule has 20 heavy (non-hydrogen) atoms. The van der Waals surface area contributed by atoms with Gasteiger partial charge in [0.1, 0.15) is 0 Å². The van der Waals surface area contributed by atoms with Gasteiger partial charge in [-0.2, -0.15) is 0 Å². The summed E-state index contributed by atoms with van der Waals surface area (Å²) in [6.07, 6.45) is 0. The van der Waals surface area contributed by atoms with E-state index >= 15 is 0 Å². The Labute approximate surface area is 123 Å². The molecule has 108 valence electrons. The second kappa shape index (κ2) is 6.74. The molecule has 1 heterocycles. The molecular weight excluding hydrogens is 272 g/mol. The van der Waals surface area contributed by atoms with Crippen LogP contribution < -0.4 is 10.6 Å². The first-order chi connectivity index (χ1) is 9.67. The van der Waals surface area contributed by atoms with E-state index in [4.69, 9.17) is 5.73 Å². The molecule has 0 fully saturated rings. The van der Waals surface area contributed by atoms with Crippen LogP contribution in [0.3, 0.4) is 0 Å². The lowest BCUT2D eigenvalue weighted by Gasteiger charge is -2.26. The molecule has 0 atom stereocenters. The minimum atomic E-state index is 0.0488. The maximum absolute atomic E-state index is 9.21. The highest BCUT2D eigenvalue weighted by molar-refractivity contribution is 7.13. The molecule has 2 rings (SSSR count). The van der Waals surface area contributed by atoms with E-state index in [2.05, 4.69) is 18.4 Å². The second-order valence-corrected chi connectivity index (χ2v) is 5.56. The zero-order valence-corrected chi connectivity index (χ0v) is 12.4. The van der Waals surface area contributed by atoms with Gasteiger partial charge in [-0.25, -0.2) is 0 Å². The lowest BCUT2D eigenvalue weighted by atomic mass is 10.1. The molecule has 0 unspecified atom stereocenters. The number of nitrogens with two attached hydrogens (primary N) is 1. The number of anilines is 2. The highest BCUT2D eigenvalue weighted by Crippen LogP contribution is 2.37. The number of aliphatic hydroxyl groups excluding tert-OH is 2. The molecule has 0 aliphatic rings. The van der Waals surface area contributed by atoms with Gasteiger partial charge in [-0.3, -0.25) is 0 Å². The van der Waals surface area contributed by atoms with E-state index in [9.17, 15) is 10.2 Å². The van der Waals surface area contributed by atoms with E-state index in [1.165, 1.54) is 10.4 Å².